The molecule has 0 bridgehead atoms. The first-order valence-corrected chi connectivity index (χ1v) is 10.0. The third-order valence-electron chi connectivity index (χ3n) is 4.91. The number of imidazole rings is 1. The lowest BCUT2D eigenvalue weighted by Crippen LogP contribution is -2.29. The van der Waals surface area contributed by atoms with Crippen LogP contribution in [-0.2, 0) is 6.54 Å². The number of amides is 1. The molecule has 8 heteroatoms. The molecule has 0 aromatic carbocycles. The zero-order chi connectivity index (χ0) is 21.1. The fourth-order valence-electron chi connectivity index (χ4n) is 3.22. The van der Waals surface area contributed by atoms with E-state index in [1.807, 2.05) is 13.0 Å². The number of aryl methyl sites for hydroxylation is 1. The van der Waals surface area contributed by atoms with Crippen molar-refractivity contribution < 1.29 is 9.53 Å². The number of halogens is 1. The van der Waals surface area contributed by atoms with Gasteiger partial charge in [-0.15, -0.1) is 0 Å². The number of carbonyl (C=O) groups is 1. The van der Waals surface area contributed by atoms with Crippen molar-refractivity contribution in [2.45, 2.75) is 46.6 Å². The minimum absolute atomic E-state index is 0.0324. The second kappa shape index (κ2) is 8.69. The molecular weight excluding hydrogens is 392 g/mol. The second-order valence-electron chi connectivity index (χ2n) is 6.99. The van der Waals surface area contributed by atoms with Crippen LogP contribution in [0.4, 0.5) is 0 Å². The maximum absolute atomic E-state index is 12.9. The Kier molecular flexibility index (Phi) is 6.27. The Morgan fingerprint density at radius 2 is 2.10 bits per heavy atom. The van der Waals surface area contributed by atoms with E-state index in [-0.39, 0.29) is 23.9 Å². The van der Waals surface area contributed by atoms with Gasteiger partial charge >= 0.3 is 0 Å². The van der Waals surface area contributed by atoms with Crippen molar-refractivity contribution in [1.82, 2.24) is 19.7 Å². The number of rotatable bonds is 7. The fraction of sp³-hybridized carbons (Fsp3) is 0.381. The van der Waals surface area contributed by atoms with Crippen LogP contribution in [0.25, 0.3) is 5.52 Å². The zero-order valence-electron chi connectivity index (χ0n) is 17.0. The zero-order valence-corrected chi connectivity index (χ0v) is 17.8. The third kappa shape index (κ3) is 4.29. The lowest BCUT2D eigenvalue weighted by Gasteiger charge is -2.12. The Morgan fingerprint density at radius 1 is 1.34 bits per heavy atom. The van der Waals surface area contributed by atoms with E-state index in [1.165, 1.54) is 0 Å². The molecule has 7 nitrogen and oxygen atoms in total. The van der Waals surface area contributed by atoms with E-state index in [1.54, 1.807) is 29.8 Å². The van der Waals surface area contributed by atoms with Gasteiger partial charge in [-0.25, -0.2) is 4.98 Å². The Bertz CT molecular complexity index is 1100. The van der Waals surface area contributed by atoms with Crippen LogP contribution in [0.15, 0.2) is 29.3 Å². The first-order chi connectivity index (χ1) is 13.8. The van der Waals surface area contributed by atoms with Crippen LogP contribution in [0.1, 0.15) is 60.5 Å². The van der Waals surface area contributed by atoms with Crippen molar-refractivity contribution in [2.24, 2.45) is 0 Å². The maximum atomic E-state index is 12.9. The van der Waals surface area contributed by atoms with Crippen LogP contribution >= 0.6 is 11.6 Å². The van der Waals surface area contributed by atoms with Crippen LogP contribution in [0.2, 0.25) is 5.02 Å². The highest BCUT2D eigenvalue weighted by Crippen LogP contribution is 2.26. The average Bonchev–Trinajstić information content (AvgIpc) is 3.09. The summed E-state index contributed by atoms with van der Waals surface area (Å²) in [7, 11) is 0. The number of pyridine rings is 2. The number of hydrogen-bond acceptors (Lipinski definition) is 4. The van der Waals surface area contributed by atoms with Crippen LogP contribution in [0.3, 0.4) is 0 Å². The van der Waals surface area contributed by atoms with E-state index in [0.717, 1.165) is 17.6 Å². The molecule has 154 valence electrons. The van der Waals surface area contributed by atoms with E-state index < -0.39 is 0 Å². The van der Waals surface area contributed by atoms with E-state index in [2.05, 4.69) is 29.1 Å². The molecule has 3 aromatic heterocycles. The van der Waals surface area contributed by atoms with E-state index in [0.29, 0.717) is 34.3 Å². The first-order valence-electron chi connectivity index (χ1n) is 9.65. The van der Waals surface area contributed by atoms with E-state index in [9.17, 15) is 9.59 Å². The van der Waals surface area contributed by atoms with E-state index in [4.69, 9.17) is 16.3 Å². The van der Waals surface area contributed by atoms with Crippen molar-refractivity contribution in [3.05, 3.63) is 62.5 Å². The number of nitrogens with one attached hydrogen (secondary N) is 2. The van der Waals surface area contributed by atoms with Crippen molar-refractivity contribution in [3.63, 3.8) is 0 Å². The molecule has 3 rings (SSSR count). The molecule has 29 heavy (non-hydrogen) atoms. The fourth-order valence-corrected chi connectivity index (χ4v) is 3.43. The average molecular weight is 417 g/mol. The number of hydrogen-bond donors (Lipinski definition) is 2. The molecule has 0 radical (unpaired) electrons. The summed E-state index contributed by atoms with van der Waals surface area (Å²) in [6, 6.07) is 5.15. The van der Waals surface area contributed by atoms with E-state index >= 15 is 0 Å². The first kappa shape index (κ1) is 20.9. The van der Waals surface area contributed by atoms with Crippen molar-refractivity contribution in [3.8, 4) is 5.75 Å². The molecule has 0 aliphatic heterocycles. The Balaban J connectivity index is 1.92. The Hall–Kier alpha value is -2.80. The van der Waals surface area contributed by atoms with Gasteiger partial charge in [0, 0.05) is 16.6 Å². The minimum atomic E-state index is -0.354. The standard InChI is InChI=1S/C21H25ClN4O3/c1-5-12(3)19-16-8-14(22)9-17(26(16)11-24-19)21(28)23-10-15-18(29-6-2)7-13(4)25-20(15)27/h7-9,11-12H,5-6,10H2,1-4H3,(H,23,28)(H,25,27). The number of nitrogens with zero attached hydrogens (tertiary/aromatic N) is 2. The number of ether oxygens (including phenoxy) is 1. The second-order valence-corrected chi connectivity index (χ2v) is 7.43. The van der Waals surface area contributed by atoms with Crippen molar-refractivity contribution >= 4 is 23.0 Å². The van der Waals surface area contributed by atoms with Gasteiger partial charge in [0.2, 0.25) is 0 Å². The number of aromatic nitrogens is 3. The predicted octanol–water partition coefficient (Wildman–Crippen LogP) is 3.83. The van der Waals surface area contributed by atoms with Gasteiger partial charge in [0.15, 0.2) is 0 Å². The smallest absolute Gasteiger partial charge is 0.268 e. The molecule has 0 saturated carbocycles. The molecule has 0 fully saturated rings. The van der Waals surface area contributed by atoms with Gasteiger partial charge in [0.05, 0.1) is 29.9 Å². The molecule has 0 aliphatic rings. The molecule has 2 N–H and O–H groups in total. The molecule has 1 atom stereocenters. The summed E-state index contributed by atoms with van der Waals surface area (Å²) < 4.78 is 7.29. The summed E-state index contributed by atoms with van der Waals surface area (Å²) in [5.41, 5.74) is 2.84. The van der Waals surface area contributed by atoms with Crippen LogP contribution < -0.4 is 15.6 Å². The number of aromatic amines is 1. The molecule has 0 spiro atoms. The lowest BCUT2D eigenvalue weighted by molar-refractivity contribution is 0.0944. The summed E-state index contributed by atoms with van der Waals surface area (Å²) >= 11 is 6.27. The monoisotopic (exact) mass is 416 g/mol. The highest BCUT2D eigenvalue weighted by molar-refractivity contribution is 6.31. The van der Waals surface area contributed by atoms with Crippen molar-refractivity contribution in [1.29, 1.82) is 0 Å². The van der Waals surface area contributed by atoms with Gasteiger partial charge in [-0.3, -0.25) is 14.0 Å². The summed E-state index contributed by atoms with van der Waals surface area (Å²) in [4.78, 5) is 32.5. The van der Waals surface area contributed by atoms with Crippen LogP contribution in [0, 0.1) is 6.92 Å². The summed E-state index contributed by atoms with van der Waals surface area (Å²) in [6.07, 6.45) is 2.56. The highest BCUT2D eigenvalue weighted by atomic mass is 35.5. The normalized spacial score (nSPS) is 12.2. The van der Waals surface area contributed by atoms with Crippen molar-refractivity contribution in [2.75, 3.05) is 6.61 Å². The van der Waals surface area contributed by atoms with Gasteiger partial charge in [-0.1, -0.05) is 25.4 Å². The molecular formula is C21H25ClN4O3. The maximum Gasteiger partial charge on any atom is 0.268 e. The minimum Gasteiger partial charge on any atom is -0.493 e. The lowest BCUT2D eigenvalue weighted by atomic mass is 10.0. The SMILES string of the molecule is CCOc1cc(C)[nH]c(=O)c1CNC(=O)c1cc(Cl)cc2c(C(C)CC)ncn12. The molecule has 3 heterocycles. The summed E-state index contributed by atoms with van der Waals surface area (Å²) in [5, 5.41) is 3.25. The predicted molar refractivity (Wildman–Crippen MR) is 113 cm³/mol. The number of H-pyrrole nitrogens is 1. The van der Waals surface area contributed by atoms with Gasteiger partial charge in [0.1, 0.15) is 17.8 Å². The number of carbonyl (C=O) groups excluding carboxylic acids is 1. The van der Waals surface area contributed by atoms with Crippen LogP contribution in [-0.4, -0.2) is 26.9 Å². The highest BCUT2D eigenvalue weighted by Gasteiger charge is 2.18. The molecule has 1 unspecified atom stereocenters. The summed E-state index contributed by atoms with van der Waals surface area (Å²) in [5.74, 6) is 0.356. The number of fused-ring (bicyclic) bond motifs is 1. The Labute approximate surface area is 174 Å². The van der Waals surface area contributed by atoms with Crippen LogP contribution in [0.5, 0.6) is 5.75 Å². The largest absolute Gasteiger partial charge is 0.493 e. The molecule has 0 saturated heterocycles. The summed E-state index contributed by atoms with van der Waals surface area (Å²) in [6.45, 7) is 8.25. The third-order valence-corrected chi connectivity index (χ3v) is 5.13. The Morgan fingerprint density at radius 3 is 2.79 bits per heavy atom. The van der Waals surface area contributed by atoms with Gasteiger partial charge in [-0.05, 0) is 38.5 Å². The molecule has 3 aromatic rings. The molecule has 1 amide bonds. The van der Waals surface area contributed by atoms with Gasteiger partial charge in [0.25, 0.3) is 11.5 Å². The topological polar surface area (TPSA) is 88.5 Å². The molecule has 0 aliphatic carbocycles. The quantitative estimate of drug-likeness (QED) is 0.612. The van der Waals surface area contributed by atoms with Gasteiger partial charge < -0.3 is 15.0 Å². The van der Waals surface area contributed by atoms with Gasteiger partial charge in [-0.2, -0.15) is 0 Å².